The molecule has 0 unspecified atom stereocenters. The Kier molecular flexibility index (Phi) is 4.29. The van der Waals surface area contributed by atoms with E-state index in [1.54, 1.807) is 54.6 Å². The highest BCUT2D eigenvalue weighted by atomic mass is 15.2. The van der Waals surface area contributed by atoms with E-state index in [9.17, 15) is 19.2 Å². The van der Waals surface area contributed by atoms with Crippen molar-refractivity contribution >= 4 is 153 Å². The Hall–Kier alpha value is -9.45. The van der Waals surface area contributed by atoms with Crippen LogP contribution in [0.15, 0.2) is 248 Å². The van der Waals surface area contributed by atoms with Crippen LogP contribution in [-0.4, -0.2) is 17.8 Å². The van der Waals surface area contributed by atoms with Gasteiger partial charge in [0.2, 0.25) is 0 Å². The van der Waals surface area contributed by atoms with Gasteiger partial charge in [0.25, 0.3) is 13.4 Å². The van der Waals surface area contributed by atoms with Crippen molar-refractivity contribution in [3.63, 3.8) is 0 Å². The van der Waals surface area contributed by atoms with Crippen LogP contribution < -0.4 is 52.4 Å². The summed E-state index contributed by atoms with van der Waals surface area (Å²) in [6.45, 7) is -2.51. The zero-order chi connectivity index (χ0) is 71.8. The Morgan fingerprint density at radius 3 is 1.00 bits per heavy atom. The summed E-state index contributed by atoms with van der Waals surface area (Å²) in [5, 5.41) is 2.11. The predicted molar refractivity (Wildman–Crippen MR) is 309 cm³/mol. The van der Waals surface area contributed by atoms with Crippen molar-refractivity contribution in [3.8, 4) is 0 Å². The molecule has 0 radical (unpaired) electrons. The van der Waals surface area contributed by atoms with E-state index in [1.807, 2.05) is 16.5 Å². The van der Waals surface area contributed by atoms with Gasteiger partial charge in [0, 0.05) is 89.8 Å². The van der Waals surface area contributed by atoms with Crippen LogP contribution in [0.2, 0.25) is 0 Å². The maximum atomic E-state index is 9.86. The lowest BCUT2D eigenvalue weighted by Gasteiger charge is -2.44. The van der Waals surface area contributed by atoms with Crippen LogP contribution in [-0.2, 0) is 0 Å². The minimum Gasteiger partial charge on any atom is -0.311 e. The first-order chi connectivity index (χ1) is 47.9. The molecule has 11 aromatic carbocycles. The maximum Gasteiger partial charge on any atom is 0.252 e. The lowest BCUT2D eigenvalue weighted by atomic mass is 9.33. The molecule has 17 rings (SSSR count). The summed E-state index contributed by atoms with van der Waals surface area (Å²) in [5.74, 6) is 0. The Labute approximate surface area is 462 Å². The van der Waals surface area contributed by atoms with Gasteiger partial charge in [-0.25, -0.2) is 0 Å². The molecule has 0 N–H and O–H groups in total. The van der Waals surface area contributed by atoms with Crippen LogP contribution in [0.1, 0.15) is 38.4 Å². The van der Waals surface area contributed by atoms with Crippen LogP contribution in [0.25, 0.3) is 38.1 Å². The second kappa shape index (κ2) is 14.6. The summed E-state index contributed by atoms with van der Waals surface area (Å²) in [5.41, 5.74) is 0.449. The Morgan fingerprint density at radius 2 is 0.616 bits per heavy atom. The summed E-state index contributed by atoms with van der Waals surface area (Å²) < 4.78 is 259. The molecule has 0 saturated heterocycles. The smallest absolute Gasteiger partial charge is 0.252 e. The highest BCUT2D eigenvalue weighted by Gasteiger charge is 2.45. The Balaban J connectivity index is 1.02. The first kappa shape index (κ1) is 21.5. The highest BCUT2D eigenvalue weighted by Crippen LogP contribution is 2.49. The van der Waals surface area contributed by atoms with Gasteiger partial charge in [-0.05, 0) is 130 Å². The van der Waals surface area contributed by atoms with E-state index in [1.165, 1.54) is 31.7 Å². The first-order valence-electron chi connectivity index (χ1n) is 37.1. The summed E-state index contributed by atoms with van der Waals surface area (Å²) in [4.78, 5) is 5.29. The van der Waals surface area contributed by atoms with Crippen molar-refractivity contribution in [3.05, 3.63) is 248 Å². The molecular formula is C66H41B2N5. The van der Waals surface area contributed by atoms with Crippen molar-refractivity contribution in [2.24, 2.45) is 0 Å². The largest absolute Gasteiger partial charge is 0.311 e. The summed E-state index contributed by atoms with van der Waals surface area (Å²) in [6, 6.07) is 2.22. The number of aromatic nitrogens is 1. The van der Waals surface area contributed by atoms with Gasteiger partial charge in [-0.3, -0.25) is 0 Å². The molecule has 6 heterocycles. The summed E-state index contributed by atoms with van der Waals surface area (Å²) >= 11 is 0. The number of fused-ring (bicyclic) bond motifs is 14. The Bertz CT molecular complexity index is 5690. The molecule has 2 aromatic heterocycles. The molecule has 13 aromatic rings. The molecule has 0 atom stereocenters. The second-order valence-corrected chi connectivity index (χ2v) is 17.9. The number of nitrogens with zero attached hydrogens (tertiary/aromatic N) is 5. The lowest BCUT2D eigenvalue weighted by Crippen LogP contribution is -2.61. The fourth-order valence-corrected chi connectivity index (χ4v) is 12.1. The van der Waals surface area contributed by atoms with Crippen molar-refractivity contribution in [1.29, 1.82) is 0 Å². The minimum absolute atomic E-state index is 0.0616. The monoisotopic (exact) mass is 954 g/mol. The van der Waals surface area contributed by atoms with Gasteiger partial charge in [0.1, 0.15) is 0 Å². The fraction of sp³-hybridized carbons (Fsp3) is 0. The average molecular weight is 954 g/mol. The third-order valence-electron chi connectivity index (χ3n) is 14.6. The van der Waals surface area contributed by atoms with Gasteiger partial charge in [0.15, 0.2) is 0 Å². The molecule has 4 aliphatic heterocycles. The molecule has 0 saturated carbocycles. The molecule has 0 spiro atoms. The Morgan fingerprint density at radius 1 is 0.288 bits per heavy atom. The van der Waals surface area contributed by atoms with Crippen LogP contribution in [0.5, 0.6) is 0 Å². The quantitative estimate of drug-likeness (QED) is 0.163. The van der Waals surface area contributed by atoms with Gasteiger partial charge in [-0.1, -0.05) is 151 Å². The maximum absolute atomic E-state index is 9.86. The zero-order valence-corrected chi connectivity index (χ0v) is 37.4. The van der Waals surface area contributed by atoms with Crippen LogP contribution in [0.4, 0.5) is 68.2 Å². The summed E-state index contributed by atoms with van der Waals surface area (Å²) in [6.07, 6.45) is 0. The van der Waals surface area contributed by atoms with Gasteiger partial charge >= 0.3 is 0 Å². The van der Waals surface area contributed by atoms with Gasteiger partial charge < -0.3 is 24.0 Å². The number of anilines is 12. The molecule has 7 heteroatoms. The molecule has 336 valence electrons. The van der Waals surface area contributed by atoms with E-state index >= 15 is 0 Å². The van der Waals surface area contributed by atoms with E-state index in [-0.39, 0.29) is 89.7 Å². The van der Waals surface area contributed by atoms with Crippen molar-refractivity contribution < 1.29 is 38.4 Å². The van der Waals surface area contributed by atoms with Gasteiger partial charge in [-0.2, -0.15) is 0 Å². The highest BCUT2D eigenvalue weighted by molar-refractivity contribution is 7.01. The zero-order valence-electron chi connectivity index (χ0n) is 65.4. The van der Waals surface area contributed by atoms with Crippen LogP contribution in [0.3, 0.4) is 0 Å². The van der Waals surface area contributed by atoms with Crippen LogP contribution >= 0.6 is 0 Å². The normalized spacial score (nSPS) is 19.2. The van der Waals surface area contributed by atoms with E-state index in [4.69, 9.17) is 19.2 Å². The third kappa shape index (κ3) is 5.17. The van der Waals surface area contributed by atoms with E-state index in [2.05, 4.69) is 0 Å². The molecule has 73 heavy (non-hydrogen) atoms. The number of rotatable bonds is 4. The number of hydrogen-bond donors (Lipinski definition) is 0. The molecular weight excluding hydrogens is 884 g/mol. The first-order valence-corrected chi connectivity index (χ1v) is 23.1. The van der Waals surface area contributed by atoms with Crippen molar-refractivity contribution in [2.45, 2.75) is 0 Å². The standard InChI is InChI=1S/C66H41B2N5/c1-5-20-42(21-6-1)69-54-32-15-13-30-50(54)67-52-38-48-46-28-17-29-47-49-39-53-63(41-61(49)73(66(46)47)60(48)40-62(52)71(44-24-9-3-10-25-44)58-36-18-34-56(69)64(58)67)72(45-26-11-4-12-27-45)59-37-19-35-57-65(59)68(53)51-31-14-16-33-55(51)70(57)43-22-7-2-8-23-43/h1-41H/i1D,2D,3D,4D,5D,6D,7D,8D,9D,10D,11D,12D,13D,14D,15D,16D,20D,21D,22D,23D,24D,25D,26D,27D,30D,31D,32D,33D. The fourth-order valence-electron chi connectivity index (χ4n) is 12.1. The predicted octanol–water partition coefficient (Wildman–Crippen LogP) is 13.0. The van der Waals surface area contributed by atoms with Crippen LogP contribution in [0, 0.1) is 0 Å². The summed E-state index contributed by atoms with van der Waals surface area (Å²) in [7, 11) is 0. The number of benzene rings is 11. The molecule has 0 fully saturated rings. The molecule has 0 bridgehead atoms. The number of hydrogen-bond acceptors (Lipinski definition) is 4. The molecule has 4 aliphatic rings. The minimum atomic E-state index is -1.25. The molecule has 0 amide bonds. The van der Waals surface area contributed by atoms with E-state index < -0.39 is 194 Å². The molecule has 5 nitrogen and oxygen atoms in total. The van der Waals surface area contributed by atoms with Crippen molar-refractivity contribution in [2.75, 3.05) is 19.6 Å². The van der Waals surface area contributed by atoms with Crippen molar-refractivity contribution in [1.82, 2.24) is 4.40 Å². The lowest BCUT2D eigenvalue weighted by molar-refractivity contribution is 1.25. The van der Waals surface area contributed by atoms with Gasteiger partial charge in [-0.15, -0.1) is 0 Å². The van der Waals surface area contributed by atoms with Gasteiger partial charge in [0.05, 0.1) is 54.9 Å². The SMILES string of the molecule is [2H]c1c([2H])c([2H])c(N2c3cc4c(cc3B3c5c2cccc5N(c2c([2H])c([2H])c([2H])c([2H])c2[2H])c2c([2H])c([2H])c([2H])c([2H])c23)c2cccc3c5cc6c(cc5n4c23)N(c2c([2H])c([2H])c([2H])c([2H])c2[2H])c2cccc3c2B6c2c([2H])c([2H])c([2H])c([2H])c2N3c2c([2H])c([2H])c([2H])c([2H])c2[2H])c([2H])c1[2H]. The second-order valence-electron chi connectivity index (χ2n) is 17.9. The average Bonchev–Trinajstić information content (AvgIpc) is 1.67. The number of para-hydroxylation sites is 7. The topological polar surface area (TPSA) is 17.4 Å². The van der Waals surface area contributed by atoms with E-state index in [0.29, 0.717) is 38.1 Å². The van der Waals surface area contributed by atoms with E-state index in [0.717, 1.165) is 0 Å². The molecule has 0 aliphatic carbocycles. The third-order valence-corrected chi connectivity index (χ3v) is 14.6.